The molecule has 2 heterocycles. The van der Waals surface area contributed by atoms with E-state index >= 15 is 0 Å². The summed E-state index contributed by atoms with van der Waals surface area (Å²) in [5, 5.41) is 5.06. The molecule has 0 aliphatic carbocycles. The summed E-state index contributed by atoms with van der Waals surface area (Å²) in [4.78, 5) is 0. The zero-order chi connectivity index (χ0) is 15.0. The molecule has 6 heteroatoms. The lowest BCUT2D eigenvalue weighted by Gasteiger charge is -2.17. The summed E-state index contributed by atoms with van der Waals surface area (Å²) < 4.78 is 7.36. The quantitative estimate of drug-likeness (QED) is 0.670. The van der Waals surface area contributed by atoms with Crippen molar-refractivity contribution in [2.24, 2.45) is 12.9 Å². The van der Waals surface area contributed by atoms with Crippen molar-refractivity contribution >= 4 is 11.6 Å². The van der Waals surface area contributed by atoms with Gasteiger partial charge in [-0.3, -0.25) is 16.0 Å². The van der Waals surface area contributed by atoms with Crippen LogP contribution in [0.4, 0.5) is 0 Å². The molecule has 0 saturated heterocycles. The molecule has 3 N–H and O–H groups in total. The molecular weight excluding hydrogens is 288 g/mol. The highest BCUT2D eigenvalue weighted by Crippen LogP contribution is 2.30. The molecular formula is C15H19ClN4O. The molecule has 21 heavy (non-hydrogen) atoms. The summed E-state index contributed by atoms with van der Waals surface area (Å²) in [7, 11) is 1.90. The molecule has 112 valence electrons. The van der Waals surface area contributed by atoms with Crippen LogP contribution in [0.25, 0.3) is 0 Å². The van der Waals surface area contributed by atoms with E-state index in [0.717, 1.165) is 35.7 Å². The maximum absolute atomic E-state index is 6.32. The van der Waals surface area contributed by atoms with Gasteiger partial charge < -0.3 is 4.74 Å². The van der Waals surface area contributed by atoms with Gasteiger partial charge in [0.2, 0.25) is 0 Å². The van der Waals surface area contributed by atoms with E-state index < -0.39 is 0 Å². The standard InChI is InChI=1S/C15H19ClN4O/c1-9-15(16)13(20(2)19-9)8-12(18-17)10-3-4-14-11(7-10)5-6-21-14/h3-4,7,12,18H,5-6,8,17H2,1-2H3. The number of halogens is 1. The Morgan fingerprint density at radius 1 is 1.52 bits per heavy atom. The number of nitrogens with zero attached hydrogens (tertiary/aromatic N) is 2. The van der Waals surface area contributed by atoms with Crippen molar-refractivity contribution < 1.29 is 4.74 Å². The third kappa shape index (κ3) is 2.64. The number of hydrogen-bond acceptors (Lipinski definition) is 4. The fourth-order valence-corrected chi connectivity index (χ4v) is 3.03. The van der Waals surface area contributed by atoms with Crippen LogP contribution in [0, 0.1) is 6.92 Å². The number of fused-ring (bicyclic) bond motifs is 1. The lowest BCUT2D eigenvalue weighted by molar-refractivity contribution is 0.356. The van der Waals surface area contributed by atoms with Crippen LogP contribution in [0.1, 0.15) is 28.6 Å². The van der Waals surface area contributed by atoms with Crippen LogP contribution in [0.3, 0.4) is 0 Å². The van der Waals surface area contributed by atoms with E-state index in [-0.39, 0.29) is 6.04 Å². The van der Waals surface area contributed by atoms with Gasteiger partial charge in [0.1, 0.15) is 5.75 Å². The lowest BCUT2D eigenvalue weighted by Crippen LogP contribution is -2.30. The van der Waals surface area contributed by atoms with Gasteiger partial charge in [0.25, 0.3) is 0 Å². The highest BCUT2D eigenvalue weighted by Gasteiger charge is 2.20. The van der Waals surface area contributed by atoms with Gasteiger partial charge in [0, 0.05) is 19.9 Å². The number of rotatable bonds is 4. The minimum Gasteiger partial charge on any atom is -0.493 e. The summed E-state index contributed by atoms with van der Waals surface area (Å²) in [6.07, 6.45) is 1.64. The normalized spacial score (nSPS) is 14.9. The maximum Gasteiger partial charge on any atom is 0.122 e. The van der Waals surface area contributed by atoms with Crippen molar-refractivity contribution in [2.75, 3.05) is 6.61 Å². The van der Waals surface area contributed by atoms with Gasteiger partial charge in [0.05, 0.1) is 29.1 Å². The van der Waals surface area contributed by atoms with Crippen molar-refractivity contribution in [1.82, 2.24) is 15.2 Å². The van der Waals surface area contributed by atoms with Gasteiger partial charge in [-0.1, -0.05) is 23.7 Å². The van der Waals surface area contributed by atoms with Crippen LogP contribution in [0.2, 0.25) is 5.02 Å². The average Bonchev–Trinajstić information content (AvgIpc) is 3.03. The molecule has 1 unspecified atom stereocenters. The Labute approximate surface area is 129 Å². The summed E-state index contributed by atoms with van der Waals surface area (Å²) in [5.41, 5.74) is 7.07. The van der Waals surface area contributed by atoms with Crippen molar-refractivity contribution in [2.45, 2.75) is 25.8 Å². The highest BCUT2D eigenvalue weighted by atomic mass is 35.5. The van der Waals surface area contributed by atoms with Gasteiger partial charge in [-0.15, -0.1) is 0 Å². The van der Waals surface area contributed by atoms with E-state index in [0.29, 0.717) is 11.4 Å². The number of ether oxygens (including phenoxy) is 1. The smallest absolute Gasteiger partial charge is 0.122 e. The summed E-state index contributed by atoms with van der Waals surface area (Å²) >= 11 is 6.32. The number of benzene rings is 1. The number of nitrogens with two attached hydrogens (primary N) is 1. The molecule has 1 aliphatic heterocycles. The van der Waals surface area contributed by atoms with Crippen molar-refractivity contribution in [3.05, 3.63) is 45.7 Å². The summed E-state index contributed by atoms with van der Waals surface area (Å²) in [6, 6.07) is 6.21. The molecule has 0 radical (unpaired) electrons. The molecule has 3 rings (SSSR count). The topological polar surface area (TPSA) is 65.1 Å². The van der Waals surface area contributed by atoms with Gasteiger partial charge in [0.15, 0.2) is 0 Å². The molecule has 0 amide bonds. The molecule has 2 aromatic rings. The minimum absolute atomic E-state index is 0.0109. The monoisotopic (exact) mass is 306 g/mol. The largest absolute Gasteiger partial charge is 0.493 e. The zero-order valence-electron chi connectivity index (χ0n) is 12.2. The maximum atomic E-state index is 6.32. The van der Waals surface area contributed by atoms with Gasteiger partial charge in [-0.25, -0.2) is 0 Å². The molecule has 1 atom stereocenters. The molecule has 0 spiro atoms. The first kappa shape index (κ1) is 14.4. The third-order valence-electron chi connectivity index (χ3n) is 3.98. The molecule has 1 aromatic heterocycles. The van der Waals surface area contributed by atoms with E-state index in [1.807, 2.05) is 30.8 Å². The van der Waals surface area contributed by atoms with Gasteiger partial charge in [-0.05, 0) is 24.1 Å². The van der Waals surface area contributed by atoms with E-state index in [1.165, 1.54) is 5.56 Å². The fourth-order valence-electron chi connectivity index (χ4n) is 2.79. The Hall–Kier alpha value is -1.56. The zero-order valence-corrected chi connectivity index (χ0v) is 12.9. The lowest BCUT2D eigenvalue weighted by atomic mass is 9.99. The Balaban J connectivity index is 1.88. The van der Waals surface area contributed by atoms with Crippen LogP contribution in [0.5, 0.6) is 5.75 Å². The van der Waals surface area contributed by atoms with Crippen molar-refractivity contribution in [3.63, 3.8) is 0 Å². The molecule has 0 saturated carbocycles. The first-order valence-corrected chi connectivity index (χ1v) is 7.37. The van der Waals surface area contributed by atoms with E-state index in [1.54, 1.807) is 0 Å². The van der Waals surface area contributed by atoms with Gasteiger partial charge in [-0.2, -0.15) is 5.10 Å². The van der Waals surface area contributed by atoms with E-state index in [2.05, 4.69) is 16.6 Å². The predicted octanol–water partition coefficient (Wildman–Crippen LogP) is 2.06. The first-order valence-electron chi connectivity index (χ1n) is 7.00. The molecule has 0 bridgehead atoms. The van der Waals surface area contributed by atoms with Crippen LogP contribution in [0.15, 0.2) is 18.2 Å². The highest BCUT2D eigenvalue weighted by molar-refractivity contribution is 6.31. The van der Waals surface area contributed by atoms with Crippen molar-refractivity contribution in [1.29, 1.82) is 0 Å². The minimum atomic E-state index is -0.0109. The number of hydrogen-bond donors (Lipinski definition) is 2. The SMILES string of the molecule is Cc1nn(C)c(CC(NN)c2ccc3c(c2)CCO3)c1Cl. The van der Waals surface area contributed by atoms with Crippen LogP contribution in [-0.4, -0.2) is 16.4 Å². The Morgan fingerprint density at radius 3 is 3.00 bits per heavy atom. The van der Waals surface area contributed by atoms with Crippen LogP contribution >= 0.6 is 11.6 Å². The van der Waals surface area contributed by atoms with Crippen molar-refractivity contribution in [3.8, 4) is 5.75 Å². The number of nitrogens with one attached hydrogen (secondary N) is 1. The third-order valence-corrected chi connectivity index (χ3v) is 4.47. The average molecular weight is 307 g/mol. The Morgan fingerprint density at radius 2 is 2.33 bits per heavy atom. The second-order valence-electron chi connectivity index (χ2n) is 5.36. The second kappa shape index (κ2) is 5.67. The summed E-state index contributed by atoms with van der Waals surface area (Å²) in [6.45, 7) is 2.66. The summed E-state index contributed by atoms with van der Waals surface area (Å²) in [5.74, 6) is 6.73. The predicted molar refractivity (Wildman–Crippen MR) is 82.4 cm³/mol. The molecule has 1 aliphatic rings. The molecule has 0 fully saturated rings. The number of aryl methyl sites for hydroxylation is 2. The number of aromatic nitrogens is 2. The Bertz CT molecular complexity index is 668. The van der Waals surface area contributed by atoms with Gasteiger partial charge >= 0.3 is 0 Å². The fraction of sp³-hybridized carbons (Fsp3) is 0.400. The number of hydrazine groups is 1. The van der Waals surface area contributed by atoms with E-state index in [4.69, 9.17) is 22.2 Å². The first-order chi connectivity index (χ1) is 10.1. The van der Waals surface area contributed by atoms with Crippen LogP contribution in [-0.2, 0) is 19.9 Å². The second-order valence-corrected chi connectivity index (χ2v) is 5.74. The molecule has 1 aromatic carbocycles. The van der Waals surface area contributed by atoms with E-state index in [9.17, 15) is 0 Å². The Kier molecular flexibility index (Phi) is 3.89. The molecule has 5 nitrogen and oxygen atoms in total. The van der Waals surface area contributed by atoms with Crippen LogP contribution < -0.4 is 16.0 Å².